The molecule has 7 heteroatoms. The average Bonchev–Trinajstić information content (AvgIpc) is 2.29. The van der Waals surface area contributed by atoms with Gasteiger partial charge in [0, 0.05) is 10.7 Å². The normalized spacial score (nSPS) is 13.3. The Morgan fingerprint density at radius 2 is 1.85 bits per heavy atom. The van der Waals surface area contributed by atoms with Gasteiger partial charge in [0.2, 0.25) is 0 Å². The lowest BCUT2D eigenvalue weighted by Gasteiger charge is -2.17. The predicted octanol–water partition coefficient (Wildman–Crippen LogP) is 3.26. The van der Waals surface area contributed by atoms with Gasteiger partial charge in [-0.1, -0.05) is 13.8 Å². The first-order valence-electron chi connectivity index (χ1n) is 5.99. The molecule has 0 heterocycles. The molecule has 1 aromatic rings. The standard InChI is InChI=1S/C13H16ClFO4S/c1-7(2)9(4)19-13(16)11-5-10(15)6-12(8(11)3)20(14,17)18/h5-7,9H,1-4H3. The van der Waals surface area contributed by atoms with Crippen LogP contribution in [0, 0.1) is 18.7 Å². The minimum Gasteiger partial charge on any atom is -0.459 e. The number of hydrogen-bond donors (Lipinski definition) is 0. The Labute approximate surface area is 122 Å². The van der Waals surface area contributed by atoms with E-state index in [1.807, 2.05) is 13.8 Å². The second-order valence-electron chi connectivity index (χ2n) is 4.87. The minimum atomic E-state index is -4.13. The lowest BCUT2D eigenvalue weighted by Crippen LogP contribution is -2.21. The van der Waals surface area contributed by atoms with E-state index in [0.29, 0.717) is 0 Å². The molecular formula is C13H16ClFO4S. The predicted molar refractivity (Wildman–Crippen MR) is 73.9 cm³/mol. The van der Waals surface area contributed by atoms with Crippen LogP contribution in [0.3, 0.4) is 0 Å². The number of carbonyl (C=O) groups excluding carboxylic acids is 1. The quantitative estimate of drug-likeness (QED) is 0.630. The molecule has 0 fully saturated rings. The summed E-state index contributed by atoms with van der Waals surface area (Å²) in [7, 11) is 1.09. The van der Waals surface area contributed by atoms with Crippen LogP contribution < -0.4 is 0 Å². The fourth-order valence-electron chi connectivity index (χ4n) is 1.49. The maximum Gasteiger partial charge on any atom is 0.338 e. The van der Waals surface area contributed by atoms with Crippen molar-refractivity contribution in [3.63, 3.8) is 0 Å². The van der Waals surface area contributed by atoms with Crippen molar-refractivity contribution in [2.45, 2.75) is 38.7 Å². The molecule has 0 amide bonds. The second kappa shape index (κ2) is 6.10. The summed E-state index contributed by atoms with van der Waals surface area (Å²) < 4.78 is 41.3. The van der Waals surface area contributed by atoms with Gasteiger partial charge in [-0.2, -0.15) is 0 Å². The molecule has 112 valence electrons. The summed E-state index contributed by atoms with van der Waals surface area (Å²) in [6.07, 6.45) is -0.374. The van der Waals surface area contributed by atoms with E-state index in [-0.39, 0.29) is 23.1 Å². The molecule has 1 rings (SSSR count). The minimum absolute atomic E-state index is 0.0716. The van der Waals surface area contributed by atoms with E-state index in [9.17, 15) is 17.6 Å². The van der Waals surface area contributed by atoms with Crippen LogP contribution in [0.1, 0.15) is 36.7 Å². The van der Waals surface area contributed by atoms with Gasteiger partial charge in [0.1, 0.15) is 11.9 Å². The molecule has 0 spiro atoms. The van der Waals surface area contributed by atoms with Gasteiger partial charge in [-0.15, -0.1) is 0 Å². The monoisotopic (exact) mass is 322 g/mol. The number of esters is 1. The van der Waals surface area contributed by atoms with Crippen molar-refractivity contribution in [1.82, 2.24) is 0 Å². The fourth-order valence-corrected chi connectivity index (χ4v) is 2.70. The summed E-state index contributed by atoms with van der Waals surface area (Å²) in [6, 6.07) is 1.72. The van der Waals surface area contributed by atoms with Crippen LogP contribution in [-0.2, 0) is 13.8 Å². The molecule has 1 unspecified atom stereocenters. The molecule has 1 aromatic carbocycles. The third kappa shape index (κ3) is 3.93. The Morgan fingerprint density at radius 1 is 1.30 bits per heavy atom. The third-order valence-corrected chi connectivity index (χ3v) is 4.49. The topological polar surface area (TPSA) is 60.4 Å². The highest BCUT2D eigenvalue weighted by molar-refractivity contribution is 8.13. The zero-order valence-corrected chi connectivity index (χ0v) is 13.2. The van der Waals surface area contributed by atoms with E-state index in [4.69, 9.17) is 15.4 Å². The van der Waals surface area contributed by atoms with Crippen LogP contribution in [0.25, 0.3) is 0 Å². The first kappa shape index (κ1) is 16.9. The molecule has 4 nitrogen and oxygen atoms in total. The Hall–Kier alpha value is -1.14. The summed E-state index contributed by atoms with van der Waals surface area (Å²) in [6.45, 7) is 6.82. The maximum absolute atomic E-state index is 13.5. The first-order chi connectivity index (χ1) is 9.04. The van der Waals surface area contributed by atoms with Crippen molar-refractivity contribution < 1.29 is 22.3 Å². The van der Waals surface area contributed by atoms with Crippen LogP contribution in [0.5, 0.6) is 0 Å². The number of rotatable bonds is 4. The van der Waals surface area contributed by atoms with Crippen molar-refractivity contribution >= 4 is 25.7 Å². The molecule has 0 saturated carbocycles. The molecule has 1 atom stereocenters. The number of benzene rings is 1. The Morgan fingerprint density at radius 3 is 2.30 bits per heavy atom. The highest BCUT2D eigenvalue weighted by Gasteiger charge is 2.23. The van der Waals surface area contributed by atoms with Crippen molar-refractivity contribution in [2.75, 3.05) is 0 Å². The van der Waals surface area contributed by atoms with Gasteiger partial charge in [0.25, 0.3) is 9.05 Å². The molecule has 0 N–H and O–H groups in total. The summed E-state index contributed by atoms with van der Waals surface area (Å²) in [5, 5.41) is 0. The Bertz CT molecular complexity index is 626. The second-order valence-corrected chi connectivity index (χ2v) is 7.40. The van der Waals surface area contributed by atoms with Crippen molar-refractivity contribution in [1.29, 1.82) is 0 Å². The molecule has 0 radical (unpaired) electrons. The Balaban J connectivity index is 3.26. The first-order valence-corrected chi connectivity index (χ1v) is 8.30. The van der Waals surface area contributed by atoms with E-state index in [2.05, 4.69) is 0 Å². The number of halogens is 2. The molecule has 0 bridgehead atoms. The summed E-state index contributed by atoms with van der Waals surface area (Å²) >= 11 is 0. The van der Waals surface area contributed by atoms with Gasteiger partial charge < -0.3 is 4.74 Å². The lowest BCUT2D eigenvalue weighted by atomic mass is 10.1. The zero-order chi connectivity index (χ0) is 15.7. The van der Waals surface area contributed by atoms with Gasteiger partial charge in [-0.05, 0) is 37.5 Å². The van der Waals surface area contributed by atoms with E-state index in [1.54, 1.807) is 6.92 Å². The SMILES string of the molecule is Cc1c(C(=O)OC(C)C(C)C)cc(F)cc1S(=O)(=O)Cl. The largest absolute Gasteiger partial charge is 0.459 e. The van der Waals surface area contributed by atoms with Crippen molar-refractivity contribution in [3.05, 3.63) is 29.1 Å². The molecule has 0 aliphatic heterocycles. The van der Waals surface area contributed by atoms with Crippen molar-refractivity contribution in [2.24, 2.45) is 5.92 Å². The highest BCUT2D eigenvalue weighted by atomic mass is 35.7. The summed E-state index contributed by atoms with van der Waals surface area (Å²) in [5.41, 5.74) is -0.0703. The van der Waals surface area contributed by atoms with E-state index in [0.717, 1.165) is 12.1 Å². The number of hydrogen-bond acceptors (Lipinski definition) is 4. The fraction of sp³-hybridized carbons (Fsp3) is 0.462. The van der Waals surface area contributed by atoms with E-state index in [1.165, 1.54) is 6.92 Å². The molecular weight excluding hydrogens is 307 g/mol. The maximum atomic E-state index is 13.5. The number of ether oxygens (including phenoxy) is 1. The van der Waals surface area contributed by atoms with Crippen molar-refractivity contribution in [3.8, 4) is 0 Å². The summed E-state index contributed by atoms with van der Waals surface area (Å²) in [4.78, 5) is 11.6. The average molecular weight is 323 g/mol. The van der Waals surface area contributed by atoms with Gasteiger partial charge in [0.15, 0.2) is 0 Å². The van der Waals surface area contributed by atoms with Crippen LogP contribution in [0.4, 0.5) is 4.39 Å². The van der Waals surface area contributed by atoms with Crippen LogP contribution in [-0.4, -0.2) is 20.5 Å². The lowest BCUT2D eigenvalue weighted by molar-refractivity contribution is 0.0236. The van der Waals surface area contributed by atoms with Crippen LogP contribution >= 0.6 is 10.7 Å². The Kier molecular flexibility index (Phi) is 5.15. The van der Waals surface area contributed by atoms with Gasteiger partial charge in [-0.3, -0.25) is 0 Å². The van der Waals surface area contributed by atoms with Gasteiger partial charge >= 0.3 is 5.97 Å². The number of carbonyl (C=O) groups is 1. The summed E-state index contributed by atoms with van der Waals surface area (Å²) in [5.74, 6) is -1.55. The van der Waals surface area contributed by atoms with Gasteiger partial charge in [-0.25, -0.2) is 17.6 Å². The molecule has 0 saturated heterocycles. The van der Waals surface area contributed by atoms with E-state index >= 15 is 0 Å². The molecule has 0 aliphatic rings. The molecule has 0 aromatic heterocycles. The molecule has 0 aliphatic carbocycles. The van der Waals surface area contributed by atoms with E-state index < -0.39 is 25.7 Å². The highest BCUT2D eigenvalue weighted by Crippen LogP contribution is 2.25. The van der Waals surface area contributed by atoms with Gasteiger partial charge in [0.05, 0.1) is 10.5 Å². The van der Waals surface area contributed by atoms with Crippen LogP contribution in [0.15, 0.2) is 17.0 Å². The smallest absolute Gasteiger partial charge is 0.338 e. The zero-order valence-electron chi connectivity index (χ0n) is 11.6. The third-order valence-electron chi connectivity index (χ3n) is 3.04. The molecule has 20 heavy (non-hydrogen) atoms. The van der Waals surface area contributed by atoms with Crippen LogP contribution in [0.2, 0.25) is 0 Å².